The van der Waals surface area contributed by atoms with Gasteiger partial charge in [-0.15, -0.1) is 0 Å². The SMILES string of the molecule is CCC(C)C(N)C(=O)NC(Cc1ccccc1)C(=O)NC(CC(C)C)C(=O)NC(CCCCN)C(=O)O. The van der Waals surface area contributed by atoms with Crippen LogP contribution in [-0.4, -0.2) is 59.5 Å². The third-order valence-electron chi connectivity index (χ3n) is 6.38. The topological polar surface area (TPSA) is 177 Å². The molecule has 0 fully saturated rings. The average molecular weight is 520 g/mol. The highest BCUT2D eigenvalue weighted by molar-refractivity contribution is 5.94. The minimum atomic E-state index is -1.15. The molecule has 0 aliphatic carbocycles. The molecule has 1 rings (SSSR count). The highest BCUT2D eigenvalue weighted by Crippen LogP contribution is 2.11. The summed E-state index contributed by atoms with van der Waals surface area (Å²) < 4.78 is 0. The number of unbranched alkanes of at least 4 members (excludes halogenated alkanes) is 1. The minimum Gasteiger partial charge on any atom is -0.480 e. The monoisotopic (exact) mass is 519 g/mol. The van der Waals surface area contributed by atoms with E-state index in [0.29, 0.717) is 32.2 Å². The van der Waals surface area contributed by atoms with Gasteiger partial charge < -0.3 is 32.5 Å². The molecule has 0 heterocycles. The van der Waals surface area contributed by atoms with Crippen LogP contribution < -0.4 is 27.4 Å². The van der Waals surface area contributed by atoms with E-state index in [0.717, 1.165) is 5.56 Å². The fraction of sp³-hybridized carbons (Fsp3) is 0.630. The lowest BCUT2D eigenvalue weighted by Crippen LogP contribution is -2.58. The number of carboxylic acids is 1. The van der Waals surface area contributed by atoms with Crippen LogP contribution in [-0.2, 0) is 25.6 Å². The van der Waals surface area contributed by atoms with Crippen molar-refractivity contribution in [2.24, 2.45) is 23.3 Å². The number of hydrogen-bond donors (Lipinski definition) is 6. The van der Waals surface area contributed by atoms with Crippen molar-refractivity contribution in [2.45, 2.75) is 90.4 Å². The summed E-state index contributed by atoms with van der Waals surface area (Å²) >= 11 is 0. The molecule has 208 valence electrons. The molecule has 5 unspecified atom stereocenters. The Morgan fingerprint density at radius 1 is 0.865 bits per heavy atom. The Morgan fingerprint density at radius 2 is 1.43 bits per heavy atom. The molecule has 10 nitrogen and oxygen atoms in total. The van der Waals surface area contributed by atoms with E-state index in [1.807, 2.05) is 58.0 Å². The Bertz CT molecular complexity index is 864. The molecule has 0 radical (unpaired) electrons. The molecule has 0 saturated carbocycles. The van der Waals surface area contributed by atoms with Crippen molar-refractivity contribution < 1.29 is 24.3 Å². The molecule has 10 heteroatoms. The fourth-order valence-electron chi connectivity index (χ4n) is 3.84. The first-order valence-corrected chi connectivity index (χ1v) is 13.1. The van der Waals surface area contributed by atoms with Crippen LogP contribution in [0.2, 0.25) is 0 Å². The maximum atomic E-state index is 13.4. The van der Waals surface area contributed by atoms with Gasteiger partial charge in [-0.1, -0.05) is 64.4 Å². The molecule has 0 saturated heterocycles. The first-order valence-electron chi connectivity index (χ1n) is 13.1. The molecule has 8 N–H and O–H groups in total. The number of benzene rings is 1. The molecule has 0 spiro atoms. The maximum absolute atomic E-state index is 13.4. The minimum absolute atomic E-state index is 0.0394. The van der Waals surface area contributed by atoms with E-state index >= 15 is 0 Å². The van der Waals surface area contributed by atoms with E-state index in [1.54, 1.807) is 0 Å². The van der Waals surface area contributed by atoms with E-state index in [9.17, 15) is 24.3 Å². The second-order valence-corrected chi connectivity index (χ2v) is 10.0. The number of nitrogens with one attached hydrogen (secondary N) is 3. The van der Waals surface area contributed by atoms with Crippen molar-refractivity contribution in [2.75, 3.05) is 6.54 Å². The van der Waals surface area contributed by atoms with Crippen LogP contribution in [0.5, 0.6) is 0 Å². The van der Waals surface area contributed by atoms with Gasteiger partial charge in [0.15, 0.2) is 0 Å². The third kappa shape index (κ3) is 11.7. The summed E-state index contributed by atoms with van der Waals surface area (Å²) in [7, 11) is 0. The van der Waals surface area contributed by atoms with Gasteiger partial charge in [0, 0.05) is 6.42 Å². The van der Waals surface area contributed by atoms with Gasteiger partial charge in [0.25, 0.3) is 0 Å². The first kappa shape index (κ1) is 32.0. The molecule has 1 aromatic rings. The lowest BCUT2D eigenvalue weighted by Gasteiger charge is -2.27. The molecular formula is C27H45N5O5. The lowest BCUT2D eigenvalue weighted by atomic mass is 9.97. The Morgan fingerprint density at radius 3 is 1.97 bits per heavy atom. The second kappa shape index (κ2) is 16.7. The highest BCUT2D eigenvalue weighted by Gasteiger charge is 2.31. The molecule has 5 atom stereocenters. The third-order valence-corrected chi connectivity index (χ3v) is 6.38. The quantitative estimate of drug-likeness (QED) is 0.168. The van der Waals surface area contributed by atoms with Crippen LogP contribution >= 0.6 is 0 Å². The van der Waals surface area contributed by atoms with Gasteiger partial charge in [-0.3, -0.25) is 14.4 Å². The van der Waals surface area contributed by atoms with Crippen molar-refractivity contribution >= 4 is 23.7 Å². The molecule has 0 aliphatic rings. The first-order chi connectivity index (χ1) is 17.5. The van der Waals surface area contributed by atoms with Crippen molar-refractivity contribution in [3.05, 3.63) is 35.9 Å². The summed E-state index contributed by atoms with van der Waals surface area (Å²) in [5.41, 5.74) is 12.4. The van der Waals surface area contributed by atoms with Crippen molar-refractivity contribution in [3.63, 3.8) is 0 Å². The van der Waals surface area contributed by atoms with Crippen molar-refractivity contribution in [3.8, 4) is 0 Å². The molecule has 0 aromatic heterocycles. The predicted octanol–water partition coefficient (Wildman–Crippen LogP) is 1.32. The largest absolute Gasteiger partial charge is 0.480 e. The Hall–Kier alpha value is -2.98. The standard InChI is InChI=1S/C27H45N5O5/c1-5-18(4)23(29)26(35)32-22(16-19-11-7-6-8-12-19)25(34)31-21(15-17(2)3)24(33)30-20(27(36)37)13-9-10-14-28/h6-8,11-12,17-18,20-23H,5,9-10,13-16,28-29H2,1-4H3,(H,30,33)(H,31,34)(H,32,35)(H,36,37). The highest BCUT2D eigenvalue weighted by atomic mass is 16.4. The summed E-state index contributed by atoms with van der Waals surface area (Å²) in [6.07, 6.45) is 2.64. The van der Waals surface area contributed by atoms with E-state index in [2.05, 4.69) is 16.0 Å². The molecule has 1 aromatic carbocycles. The van der Waals surface area contributed by atoms with Gasteiger partial charge in [0.2, 0.25) is 17.7 Å². The number of hydrogen-bond acceptors (Lipinski definition) is 6. The van der Waals surface area contributed by atoms with Crippen LogP contribution in [0.4, 0.5) is 0 Å². The van der Waals surface area contributed by atoms with Crippen LogP contribution in [0, 0.1) is 11.8 Å². The Kier molecular flexibility index (Phi) is 14.5. The smallest absolute Gasteiger partial charge is 0.326 e. The van der Waals surface area contributed by atoms with E-state index in [4.69, 9.17) is 11.5 Å². The predicted molar refractivity (Wildman–Crippen MR) is 143 cm³/mol. The molecule has 0 bridgehead atoms. The van der Waals surface area contributed by atoms with E-state index in [-0.39, 0.29) is 24.7 Å². The number of rotatable bonds is 17. The number of carbonyl (C=O) groups excluding carboxylic acids is 3. The van der Waals surface area contributed by atoms with E-state index in [1.165, 1.54) is 0 Å². The summed E-state index contributed by atoms with van der Waals surface area (Å²) in [4.78, 5) is 51.0. The van der Waals surface area contributed by atoms with Gasteiger partial charge in [-0.2, -0.15) is 0 Å². The molecular weight excluding hydrogens is 474 g/mol. The van der Waals surface area contributed by atoms with Gasteiger partial charge in [-0.25, -0.2) is 4.79 Å². The zero-order valence-electron chi connectivity index (χ0n) is 22.5. The second-order valence-electron chi connectivity index (χ2n) is 10.0. The number of carboxylic acid groups (broad SMARTS) is 1. The number of nitrogens with two attached hydrogens (primary N) is 2. The van der Waals surface area contributed by atoms with E-state index < -0.39 is 47.9 Å². The summed E-state index contributed by atoms with van der Waals surface area (Å²) in [6.45, 7) is 8.03. The summed E-state index contributed by atoms with van der Waals surface area (Å²) in [5.74, 6) is -2.74. The summed E-state index contributed by atoms with van der Waals surface area (Å²) in [5, 5.41) is 17.6. The molecule has 3 amide bonds. The van der Waals surface area contributed by atoms with Crippen molar-refractivity contribution in [1.82, 2.24) is 16.0 Å². The maximum Gasteiger partial charge on any atom is 0.326 e. The molecule has 37 heavy (non-hydrogen) atoms. The Labute approximate surface area is 220 Å². The summed E-state index contributed by atoms with van der Waals surface area (Å²) in [6, 6.07) is 5.41. The van der Waals surface area contributed by atoms with Crippen LogP contribution in [0.3, 0.4) is 0 Å². The van der Waals surface area contributed by atoms with Crippen molar-refractivity contribution in [1.29, 1.82) is 0 Å². The fourth-order valence-corrected chi connectivity index (χ4v) is 3.84. The average Bonchev–Trinajstić information content (AvgIpc) is 2.86. The number of amides is 3. The van der Waals surface area contributed by atoms with Gasteiger partial charge in [0.1, 0.15) is 18.1 Å². The van der Waals surface area contributed by atoms with Gasteiger partial charge >= 0.3 is 5.97 Å². The van der Waals surface area contributed by atoms with Crippen LogP contribution in [0.1, 0.15) is 65.4 Å². The Balaban J connectivity index is 3.08. The van der Waals surface area contributed by atoms with Crippen LogP contribution in [0.15, 0.2) is 30.3 Å². The number of carbonyl (C=O) groups is 4. The van der Waals surface area contributed by atoms with Gasteiger partial charge in [-0.05, 0) is 49.6 Å². The zero-order chi connectivity index (χ0) is 28.0. The number of aliphatic carboxylic acids is 1. The zero-order valence-corrected chi connectivity index (χ0v) is 22.5. The van der Waals surface area contributed by atoms with Crippen LogP contribution in [0.25, 0.3) is 0 Å². The van der Waals surface area contributed by atoms with Gasteiger partial charge in [0.05, 0.1) is 6.04 Å². The normalized spacial score (nSPS) is 15.2. The lowest BCUT2D eigenvalue weighted by molar-refractivity contribution is -0.142. The molecule has 0 aliphatic heterocycles.